The molecule has 0 saturated heterocycles. The molecule has 0 unspecified atom stereocenters. The minimum absolute atomic E-state index is 0.206. The predicted octanol–water partition coefficient (Wildman–Crippen LogP) is 13.8. The second kappa shape index (κ2) is 78.1. The molecule has 0 aliphatic heterocycles. The number of hydrogen-bond acceptors (Lipinski definition) is 20. The quantitative estimate of drug-likeness (QED) is 0.0530. The molecule has 0 aliphatic carbocycles. The Bertz CT molecular complexity index is 1620. The molecule has 0 aromatic rings. The van der Waals surface area contributed by atoms with Crippen LogP contribution in [0.2, 0.25) is 0 Å². The second-order valence-corrected chi connectivity index (χ2v) is 32.1. The zero-order chi connectivity index (χ0) is 68.4. The number of nitrogens with zero attached hydrogens (tertiary/aromatic N) is 4. The van der Waals surface area contributed by atoms with Crippen LogP contribution in [0, 0.1) is 0 Å². The van der Waals surface area contributed by atoms with Crippen molar-refractivity contribution in [3.63, 3.8) is 0 Å². The number of rotatable bonds is 78. The first-order valence-corrected chi connectivity index (χ1v) is 45.2. The van der Waals surface area contributed by atoms with Gasteiger partial charge in [0.2, 0.25) is 23.6 Å². The van der Waals surface area contributed by atoms with E-state index in [1.807, 2.05) is 70.6 Å². The molecule has 93 heavy (non-hydrogen) atoms. The van der Waals surface area contributed by atoms with E-state index < -0.39 is 0 Å². The van der Waals surface area contributed by atoms with Gasteiger partial charge >= 0.3 is 0 Å². The van der Waals surface area contributed by atoms with E-state index >= 15 is 0 Å². The topological polar surface area (TPSA) is 155 Å². The van der Waals surface area contributed by atoms with Gasteiger partial charge in [-0.15, -0.1) is 0 Å². The molecule has 0 fully saturated rings. The average molecular weight is 1470 g/mol. The molecule has 0 radical (unpaired) electrons. The van der Waals surface area contributed by atoms with Crippen molar-refractivity contribution in [3.8, 4) is 0 Å². The normalized spacial score (nSPS) is 11.6. The molecule has 0 aromatic heterocycles. The van der Waals surface area contributed by atoms with Crippen molar-refractivity contribution in [2.24, 2.45) is 0 Å². The lowest BCUT2D eigenvalue weighted by atomic mass is 10.2. The van der Waals surface area contributed by atoms with Gasteiger partial charge in [-0.2, -0.15) is 94.1 Å². The fourth-order valence-corrected chi connectivity index (χ4v) is 15.4. The molecular formula is C69H136N4O12S8. The number of ether oxygens (including phenoxy) is 8. The monoisotopic (exact) mass is 1470 g/mol. The maximum Gasteiger partial charge on any atom is 0.223 e. The Kier molecular flexibility index (Phi) is 76.7. The second-order valence-electron chi connectivity index (χ2n) is 22.3. The Morgan fingerprint density at radius 2 is 0.484 bits per heavy atom. The largest absolute Gasteiger partial charge is 0.379 e. The van der Waals surface area contributed by atoms with Gasteiger partial charge in [0, 0.05) is 144 Å². The molecule has 552 valence electrons. The highest BCUT2D eigenvalue weighted by atomic mass is 32.2. The summed E-state index contributed by atoms with van der Waals surface area (Å²) in [6.07, 6.45) is 18.3. The van der Waals surface area contributed by atoms with Gasteiger partial charge in [0.25, 0.3) is 0 Å². The van der Waals surface area contributed by atoms with E-state index in [0.717, 1.165) is 234 Å². The van der Waals surface area contributed by atoms with Crippen molar-refractivity contribution >= 4 is 118 Å². The minimum Gasteiger partial charge on any atom is -0.379 e. The highest BCUT2D eigenvalue weighted by Crippen LogP contribution is 2.16. The lowest BCUT2D eigenvalue weighted by molar-refractivity contribution is -0.132. The highest BCUT2D eigenvalue weighted by Gasteiger charge is 2.17. The molecule has 0 aromatic carbocycles. The van der Waals surface area contributed by atoms with Crippen LogP contribution in [0.15, 0.2) is 0 Å². The fourth-order valence-electron chi connectivity index (χ4n) is 8.82. The van der Waals surface area contributed by atoms with Crippen molar-refractivity contribution in [1.82, 2.24) is 19.6 Å². The van der Waals surface area contributed by atoms with Crippen LogP contribution in [0.3, 0.4) is 0 Å². The van der Waals surface area contributed by atoms with E-state index in [1.54, 1.807) is 35.3 Å². The van der Waals surface area contributed by atoms with Crippen LogP contribution < -0.4 is 0 Å². The molecule has 0 heterocycles. The smallest absolute Gasteiger partial charge is 0.223 e. The molecule has 0 atom stereocenters. The maximum atomic E-state index is 13.4. The van der Waals surface area contributed by atoms with Gasteiger partial charge in [-0.25, -0.2) is 0 Å². The SMILES string of the molecule is [2H]CCCCSCCOCCOCCSCCC(=O)N(CCCC)CCCSCCCCSCCC(=O)N(CCCSCCOCCOCCSCCC(=O)N(CCCC)CCCSCCOCCOCCSCCC(=O)N(CCCC)CCCC)CCOCCOCC. The van der Waals surface area contributed by atoms with E-state index in [9.17, 15) is 19.2 Å². The lowest BCUT2D eigenvalue weighted by Crippen LogP contribution is -2.35. The summed E-state index contributed by atoms with van der Waals surface area (Å²) in [7, 11) is 0. The predicted molar refractivity (Wildman–Crippen MR) is 413 cm³/mol. The van der Waals surface area contributed by atoms with E-state index in [2.05, 4.69) is 42.4 Å². The Balaban J connectivity index is 4.10. The zero-order valence-electron chi connectivity index (χ0n) is 60.4. The number of carbonyl (C=O) groups is 4. The molecule has 24 heteroatoms. The number of carbonyl (C=O) groups excluding carboxylic acids is 4. The summed E-state index contributed by atoms with van der Waals surface area (Å²) in [6.45, 7) is 27.6. The van der Waals surface area contributed by atoms with Crippen molar-refractivity contribution in [2.75, 3.05) is 250 Å². The number of unbranched alkanes of at least 4 members (excludes halogenated alkanes) is 6. The third-order valence-corrected chi connectivity index (χ3v) is 22.5. The summed E-state index contributed by atoms with van der Waals surface area (Å²) in [4.78, 5) is 60.4. The van der Waals surface area contributed by atoms with E-state index in [0.29, 0.717) is 138 Å². The molecule has 16 nitrogen and oxygen atoms in total. The Morgan fingerprint density at radius 1 is 0.247 bits per heavy atom. The van der Waals surface area contributed by atoms with Crippen LogP contribution in [0.4, 0.5) is 0 Å². The summed E-state index contributed by atoms with van der Waals surface area (Å²) in [6, 6.07) is 0. The first kappa shape index (κ1) is 91.4. The maximum absolute atomic E-state index is 13.4. The van der Waals surface area contributed by atoms with Gasteiger partial charge in [-0.1, -0.05) is 66.7 Å². The van der Waals surface area contributed by atoms with E-state index in [4.69, 9.17) is 39.3 Å². The first-order chi connectivity index (χ1) is 46.3. The van der Waals surface area contributed by atoms with Crippen LogP contribution >= 0.6 is 94.1 Å². The van der Waals surface area contributed by atoms with Crippen LogP contribution in [-0.4, -0.2) is 293 Å². The molecule has 0 aliphatic rings. The van der Waals surface area contributed by atoms with Crippen molar-refractivity contribution in [1.29, 1.82) is 0 Å². The third-order valence-electron chi connectivity index (χ3n) is 14.3. The van der Waals surface area contributed by atoms with E-state index in [-0.39, 0.29) is 23.6 Å². The van der Waals surface area contributed by atoms with Gasteiger partial charge in [0.05, 0.1) is 99.1 Å². The number of hydrogen-bond donors (Lipinski definition) is 0. The lowest BCUT2D eigenvalue weighted by Gasteiger charge is -2.23. The molecule has 0 rings (SSSR count). The molecule has 0 N–H and O–H groups in total. The van der Waals surface area contributed by atoms with Crippen molar-refractivity contribution in [3.05, 3.63) is 0 Å². The third kappa shape index (κ3) is 66.7. The summed E-state index contributed by atoms with van der Waals surface area (Å²) in [5, 5.41) is 0. The molecule has 0 saturated carbocycles. The van der Waals surface area contributed by atoms with Crippen LogP contribution in [0.5, 0.6) is 0 Å². The molecule has 4 amide bonds. The van der Waals surface area contributed by atoms with Crippen LogP contribution in [-0.2, 0) is 57.1 Å². The summed E-state index contributed by atoms with van der Waals surface area (Å²) in [5.41, 5.74) is 0. The van der Waals surface area contributed by atoms with Gasteiger partial charge in [0.1, 0.15) is 0 Å². The van der Waals surface area contributed by atoms with Crippen LogP contribution in [0.1, 0.15) is 165 Å². The summed E-state index contributed by atoms with van der Waals surface area (Å²) >= 11 is 14.9. The van der Waals surface area contributed by atoms with Crippen molar-refractivity contribution in [2.45, 2.75) is 164 Å². The van der Waals surface area contributed by atoms with Gasteiger partial charge < -0.3 is 57.5 Å². The standard InChI is InChI=1S/C69H136N4O12S8/c1-7-13-27-70(28-14-8-2)66(74)24-57-91-63-47-84-42-39-81-45-61-89-54-21-32-72(30-16-10-4)68(76)26-59-93-65-49-85-43-40-82-46-62-90-55-22-33-73(34-35-79-37-36-78-12-6)69(77)23-56-87-52-19-18-51-86-53-20-31-71(29-15-9-3)67(75)25-58-92-64-48-83-41-38-80-44-60-88-50-17-11-5/h7-65H2,1-6H3/i5D. The van der Waals surface area contributed by atoms with Gasteiger partial charge in [0.15, 0.2) is 0 Å². The minimum atomic E-state index is 0.206. The molecule has 0 bridgehead atoms. The van der Waals surface area contributed by atoms with Gasteiger partial charge in [-0.3, -0.25) is 19.2 Å². The number of thioether (sulfide) groups is 8. The van der Waals surface area contributed by atoms with Crippen molar-refractivity contribution < 1.29 is 58.4 Å². The Morgan fingerprint density at radius 3 is 0.785 bits per heavy atom. The Hall–Kier alpha value is 0.360. The van der Waals surface area contributed by atoms with Gasteiger partial charge in [-0.05, 0) is 106 Å². The molecular weight excluding hydrogens is 1330 g/mol. The Labute approximate surface area is 605 Å². The summed E-state index contributed by atoms with van der Waals surface area (Å²) < 4.78 is 53.0. The summed E-state index contributed by atoms with van der Waals surface area (Å²) in [5.74, 6) is 16.2. The highest BCUT2D eigenvalue weighted by molar-refractivity contribution is 8.00. The number of amides is 4. The fraction of sp³-hybridized carbons (Fsp3) is 0.942. The van der Waals surface area contributed by atoms with E-state index in [1.165, 1.54) is 6.42 Å². The average Bonchev–Trinajstić information content (AvgIpc) is 3.78. The molecule has 0 spiro atoms. The first-order valence-electron chi connectivity index (χ1n) is 36.6. The van der Waals surface area contributed by atoms with Crippen LogP contribution in [0.25, 0.3) is 0 Å². The zero-order valence-corrected chi connectivity index (χ0v) is 65.9.